The molecule has 1 aromatic heterocycles. The maximum Gasteiger partial charge on any atom is 0.259 e. The molecule has 1 aliphatic rings. The van der Waals surface area contributed by atoms with Crippen LogP contribution in [0.4, 0.5) is 0 Å². The van der Waals surface area contributed by atoms with Gasteiger partial charge in [-0.3, -0.25) is 9.59 Å². The number of nitrogens with two attached hydrogens (primary N) is 1. The Labute approximate surface area is 109 Å². The fraction of sp³-hybridized carbons (Fsp3) is 0.500. The van der Waals surface area contributed by atoms with E-state index in [1.54, 1.807) is 5.38 Å². The van der Waals surface area contributed by atoms with E-state index < -0.39 is 11.4 Å². The van der Waals surface area contributed by atoms with Gasteiger partial charge >= 0.3 is 0 Å². The molecule has 2 rings (SSSR count). The van der Waals surface area contributed by atoms with Gasteiger partial charge in [-0.15, -0.1) is 11.3 Å². The Morgan fingerprint density at radius 3 is 2.61 bits per heavy atom. The van der Waals surface area contributed by atoms with E-state index in [4.69, 9.17) is 10.5 Å². The summed E-state index contributed by atoms with van der Waals surface area (Å²) in [5.74, 6) is -0.636. The first-order valence-corrected chi connectivity index (χ1v) is 6.62. The third kappa shape index (κ3) is 2.13. The van der Waals surface area contributed by atoms with Crippen molar-refractivity contribution in [3.8, 4) is 0 Å². The molecule has 0 saturated carbocycles. The van der Waals surface area contributed by atoms with E-state index in [2.05, 4.69) is 5.32 Å². The molecule has 1 aromatic rings. The molecule has 18 heavy (non-hydrogen) atoms. The highest BCUT2D eigenvalue weighted by Gasteiger charge is 2.44. The van der Waals surface area contributed by atoms with Crippen LogP contribution in [0.15, 0.2) is 11.4 Å². The van der Waals surface area contributed by atoms with Gasteiger partial charge in [-0.05, 0) is 11.4 Å². The largest absolute Gasteiger partial charge is 0.376 e. The van der Waals surface area contributed by atoms with Gasteiger partial charge < -0.3 is 15.8 Å². The summed E-state index contributed by atoms with van der Waals surface area (Å²) in [4.78, 5) is 23.7. The monoisotopic (exact) mass is 268 g/mol. The van der Waals surface area contributed by atoms with Crippen molar-refractivity contribution in [2.45, 2.75) is 19.4 Å². The van der Waals surface area contributed by atoms with Crippen LogP contribution < -0.4 is 11.1 Å². The van der Waals surface area contributed by atoms with Crippen molar-refractivity contribution in [1.29, 1.82) is 0 Å². The molecule has 0 radical (unpaired) electrons. The molecular formula is C12H16N2O3S. The van der Waals surface area contributed by atoms with Gasteiger partial charge in [-0.1, -0.05) is 13.8 Å². The lowest BCUT2D eigenvalue weighted by Gasteiger charge is -2.42. The second-order valence-corrected chi connectivity index (χ2v) is 5.66. The molecule has 1 fully saturated rings. The molecule has 0 aromatic carbocycles. The lowest BCUT2D eigenvalue weighted by Crippen LogP contribution is -2.60. The molecule has 1 aliphatic heterocycles. The molecule has 98 valence electrons. The first kappa shape index (κ1) is 13.0. The fourth-order valence-corrected chi connectivity index (χ4v) is 2.71. The first-order chi connectivity index (χ1) is 8.46. The summed E-state index contributed by atoms with van der Waals surface area (Å²) in [5, 5.41) is 4.76. The Morgan fingerprint density at radius 2 is 2.17 bits per heavy atom. The number of hydrogen-bond acceptors (Lipinski definition) is 4. The number of rotatable bonds is 4. The number of hydrogen-bond donors (Lipinski definition) is 2. The Bertz CT molecular complexity index is 477. The van der Waals surface area contributed by atoms with Crippen LogP contribution in [-0.4, -0.2) is 25.0 Å². The van der Waals surface area contributed by atoms with Crippen LogP contribution in [0.3, 0.4) is 0 Å². The minimum atomic E-state index is -0.592. The second kappa shape index (κ2) is 4.70. The van der Waals surface area contributed by atoms with E-state index in [0.717, 1.165) is 5.56 Å². The Balaban J connectivity index is 2.30. The molecule has 0 atom stereocenters. The molecule has 1 saturated heterocycles. The SMILES string of the molecule is CC(C)C(=O)NC1(c2ccsc2C(N)=O)COC1. The Kier molecular flexibility index (Phi) is 3.41. The smallest absolute Gasteiger partial charge is 0.259 e. The van der Waals surface area contributed by atoms with Gasteiger partial charge in [0, 0.05) is 11.5 Å². The van der Waals surface area contributed by atoms with Gasteiger partial charge in [0.1, 0.15) is 5.54 Å². The molecule has 2 heterocycles. The van der Waals surface area contributed by atoms with Crippen molar-refractivity contribution in [3.05, 3.63) is 21.9 Å². The van der Waals surface area contributed by atoms with Crippen molar-refractivity contribution in [2.75, 3.05) is 13.2 Å². The van der Waals surface area contributed by atoms with Gasteiger partial charge in [0.2, 0.25) is 5.91 Å². The topological polar surface area (TPSA) is 81.4 Å². The van der Waals surface area contributed by atoms with E-state index in [0.29, 0.717) is 18.1 Å². The Morgan fingerprint density at radius 1 is 1.50 bits per heavy atom. The minimum absolute atomic E-state index is 0.0556. The van der Waals surface area contributed by atoms with Crippen LogP contribution in [0.25, 0.3) is 0 Å². The molecule has 3 N–H and O–H groups in total. The summed E-state index contributed by atoms with van der Waals surface area (Å²) >= 11 is 1.29. The predicted octanol–water partition coefficient (Wildman–Crippen LogP) is 0.845. The van der Waals surface area contributed by atoms with Crippen molar-refractivity contribution in [3.63, 3.8) is 0 Å². The molecule has 5 nitrogen and oxygen atoms in total. The highest BCUT2D eigenvalue weighted by atomic mass is 32.1. The minimum Gasteiger partial charge on any atom is -0.376 e. The van der Waals surface area contributed by atoms with E-state index in [9.17, 15) is 9.59 Å². The number of carbonyl (C=O) groups is 2. The molecular weight excluding hydrogens is 252 g/mol. The average Bonchev–Trinajstić information content (AvgIpc) is 2.71. The summed E-state index contributed by atoms with van der Waals surface area (Å²) in [6.07, 6.45) is 0. The number of nitrogens with one attached hydrogen (secondary N) is 1. The van der Waals surface area contributed by atoms with Gasteiger partial charge in [0.05, 0.1) is 18.1 Å². The van der Waals surface area contributed by atoms with Crippen LogP contribution >= 0.6 is 11.3 Å². The van der Waals surface area contributed by atoms with Crippen molar-refractivity contribution in [1.82, 2.24) is 5.32 Å². The van der Waals surface area contributed by atoms with Crippen LogP contribution in [0.1, 0.15) is 29.1 Å². The van der Waals surface area contributed by atoms with Gasteiger partial charge in [0.25, 0.3) is 5.91 Å². The maximum atomic E-state index is 11.8. The normalized spacial score (nSPS) is 17.3. The van der Waals surface area contributed by atoms with Gasteiger partial charge in [-0.2, -0.15) is 0 Å². The summed E-state index contributed by atoms with van der Waals surface area (Å²) in [5.41, 5.74) is 5.52. The van der Waals surface area contributed by atoms with Crippen LogP contribution in [0, 0.1) is 5.92 Å². The number of thiophene rings is 1. The van der Waals surface area contributed by atoms with E-state index >= 15 is 0 Å². The van der Waals surface area contributed by atoms with E-state index in [-0.39, 0.29) is 11.8 Å². The number of carbonyl (C=O) groups excluding carboxylic acids is 2. The predicted molar refractivity (Wildman–Crippen MR) is 68.3 cm³/mol. The average molecular weight is 268 g/mol. The number of primary amides is 1. The van der Waals surface area contributed by atoms with Crippen LogP contribution in [0.2, 0.25) is 0 Å². The zero-order valence-corrected chi connectivity index (χ0v) is 11.2. The highest BCUT2D eigenvalue weighted by Crippen LogP contribution is 2.34. The zero-order valence-electron chi connectivity index (χ0n) is 10.4. The summed E-state index contributed by atoms with van der Waals surface area (Å²) in [7, 11) is 0. The zero-order chi connectivity index (χ0) is 13.3. The maximum absolute atomic E-state index is 11.8. The number of ether oxygens (including phenoxy) is 1. The molecule has 0 spiro atoms. The molecule has 6 heteroatoms. The quantitative estimate of drug-likeness (QED) is 0.849. The third-order valence-corrected chi connectivity index (χ3v) is 3.92. The van der Waals surface area contributed by atoms with Gasteiger partial charge in [-0.25, -0.2) is 0 Å². The molecule has 0 aliphatic carbocycles. The van der Waals surface area contributed by atoms with Crippen molar-refractivity contribution in [2.24, 2.45) is 11.7 Å². The van der Waals surface area contributed by atoms with Crippen LogP contribution in [-0.2, 0) is 15.1 Å². The van der Waals surface area contributed by atoms with Gasteiger partial charge in [0.15, 0.2) is 0 Å². The fourth-order valence-electron chi connectivity index (χ4n) is 1.86. The van der Waals surface area contributed by atoms with Crippen LogP contribution in [0.5, 0.6) is 0 Å². The van der Waals surface area contributed by atoms with Crippen molar-refractivity contribution >= 4 is 23.2 Å². The molecule has 0 bridgehead atoms. The molecule has 2 amide bonds. The highest BCUT2D eigenvalue weighted by molar-refractivity contribution is 7.12. The van der Waals surface area contributed by atoms with E-state index in [1.807, 2.05) is 19.9 Å². The summed E-state index contributed by atoms with van der Waals surface area (Å²) in [6, 6.07) is 1.83. The number of amides is 2. The molecule has 0 unspecified atom stereocenters. The standard InChI is InChI=1S/C12H16N2O3S/c1-7(2)11(16)14-12(5-17-6-12)8-3-4-18-9(8)10(13)15/h3-4,7H,5-6H2,1-2H3,(H2,13,15)(H,14,16). The first-order valence-electron chi connectivity index (χ1n) is 5.74. The lowest BCUT2D eigenvalue weighted by molar-refractivity contribution is -0.136. The van der Waals surface area contributed by atoms with Crippen molar-refractivity contribution < 1.29 is 14.3 Å². The lowest BCUT2D eigenvalue weighted by atomic mass is 9.87. The Hall–Kier alpha value is -1.40. The summed E-state index contributed by atoms with van der Waals surface area (Å²) in [6.45, 7) is 4.40. The second-order valence-electron chi connectivity index (χ2n) is 4.75. The van der Waals surface area contributed by atoms with E-state index in [1.165, 1.54) is 11.3 Å². The summed E-state index contributed by atoms with van der Waals surface area (Å²) < 4.78 is 5.22. The third-order valence-electron chi connectivity index (χ3n) is 2.99.